The van der Waals surface area contributed by atoms with Crippen molar-refractivity contribution in [2.24, 2.45) is 0 Å². The summed E-state index contributed by atoms with van der Waals surface area (Å²) in [5.74, 6) is 1.34. The first-order valence-electron chi connectivity index (χ1n) is 6.77. The van der Waals surface area contributed by atoms with E-state index in [0.29, 0.717) is 11.5 Å². The van der Waals surface area contributed by atoms with Crippen molar-refractivity contribution in [1.82, 2.24) is 4.90 Å². The van der Waals surface area contributed by atoms with Crippen molar-refractivity contribution in [3.05, 3.63) is 29.8 Å². The second-order valence-corrected chi connectivity index (χ2v) is 4.56. The Morgan fingerprint density at radius 3 is 2.55 bits per heavy atom. The van der Waals surface area contributed by atoms with Gasteiger partial charge in [-0.3, -0.25) is 4.79 Å². The van der Waals surface area contributed by atoms with Gasteiger partial charge < -0.3 is 14.4 Å². The van der Waals surface area contributed by atoms with E-state index in [1.807, 2.05) is 25.2 Å². The quantitative estimate of drug-likeness (QED) is 0.719. The van der Waals surface area contributed by atoms with Crippen molar-refractivity contribution in [2.75, 3.05) is 27.8 Å². The van der Waals surface area contributed by atoms with Gasteiger partial charge in [0.2, 0.25) is 5.91 Å². The Balaban J connectivity index is 2.72. The number of rotatable bonds is 7. The van der Waals surface area contributed by atoms with E-state index < -0.39 is 0 Å². The van der Waals surface area contributed by atoms with Gasteiger partial charge in [0.15, 0.2) is 11.5 Å². The summed E-state index contributed by atoms with van der Waals surface area (Å²) in [6.07, 6.45) is 5.47. The predicted molar refractivity (Wildman–Crippen MR) is 81.1 cm³/mol. The van der Waals surface area contributed by atoms with E-state index in [2.05, 4.69) is 6.92 Å². The summed E-state index contributed by atoms with van der Waals surface area (Å²) in [6, 6.07) is 5.55. The number of hydrogen-bond donors (Lipinski definition) is 0. The zero-order valence-electron chi connectivity index (χ0n) is 12.7. The summed E-state index contributed by atoms with van der Waals surface area (Å²) in [7, 11) is 5.01. The fourth-order valence-corrected chi connectivity index (χ4v) is 1.76. The van der Waals surface area contributed by atoms with E-state index in [4.69, 9.17) is 9.47 Å². The number of unbranched alkanes of at least 4 members (excludes halogenated alkanes) is 1. The normalized spacial score (nSPS) is 10.6. The van der Waals surface area contributed by atoms with Crippen LogP contribution >= 0.6 is 0 Å². The molecule has 0 bridgehead atoms. The van der Waals surface area contributed by atoms with Crippen molar-refractivity contribution >= 4 is 12.0 Å². The molecule has 1 aromatic rings. The Morgan fingerprint density at radius 1 is 1.25 bits per heavy atom. The third-order valence-electron chi connectivity index (χ3n) is 3.05. The van der Waals surface area contributed by atoms with Crippen LogP contribution in [0.1, 0.15) is 25.3 Å². The van der Waals surface area contributed by atoms with Crippen LogP contribution in [-0.2, 0) is 4.79 Å². The predicted octanol–water partition coefficient (Wildman–Crippen LogP) is 2.98. The van der Waals surface area contributed by atoms with Crippen molar-refractivity contribution in [3.8, 4) is 11.5 Å². The highest BCUT2D eigenvalue weighted by Gasteiger charge is 2.05. The molecule has 0 unspecified atom stereocenters. The molecule has 1 amide bonds. The summed E-state index contributed by atoms with van der Waals surface area (Å²) < 4.78 is 10.4. The molecule has 0 aliphatic carbocycles. The number of nitrogens with zero attached hydrogens (tertiary/aromatic N) is 1. The van der Waals surface area contributed by atoms with Crippen LogP contribution in [0.25, 0.3) is 6.08 Å². The second-order valence-electron chi connectivity index (χ2n) is 4.56. The number of methoxy groups -OCH3 is 2. The summed E-state index contributed by atoms with van der Waals surface area (Å²) in [5.41, 5.74) is 0.903. The van der Waals surface area contributed by atoms with Gasteiger partial charge in [0.1, 0.15) is 0 Å². The monoisotopic (exact) mass is 277 g/mol. The first-order valence-corrected chi connectivity index (χ1v) is 6.77. The number of hydrogen-bond acceptors (Lipinski definition) is 3. The highest BCUT2D eigenvalue weighted by atomic mass is 16.5. The molecule has 0 spiro atoms. The van der Waals surface area contributed by atoms with E-state index in [1.165, 1.54) is 0 Å². The van der Waals surface area contributed by atoms with Crippen molar-refractivity contribution in [3.63, 3.8) is 0 Å². The van der Waals surface area contributed by atoms with Crippen LogP contribution in [0.5, 0.6) is 11.5 Å². The summed E-state index contributed by atoms with van der Waals surface area (Å²) in [5, 5.41) is 0. The van der Waals surface area contributed by atoms with Crippen LogP contribution in [-0.4, -0.2) is 38.6 Å². The van der Waals surface area contributed by atoms with Crippen molar-refractivity contribution in [2.45, 2.75) is 19.8 Å². The molecule has 0 saturated heterocycles. The summed E-state index contributed by atoms with van der Waals surface area (Å²) >= 11 is 0. The molecule has 0 aromatic heterocycles. The highest BCUT2D eigenvalue weighted by molar-refractivity contribution is 5.91. The number of amides is 1. The fourth-order valence-electron chi connectivity index (χ4n) is 1.76. The van der Waals surface area contributed by atoms with Gasteiger partial charge in [0, 0.05) is 19.7 Å². The summed E-state index contributed by atoms with van der Waals surface area (Å²) in [4.78, 5) is 13.6. The van der Waals surface area contributed by atoms with Gasteiger partial charge in [-0.2, -0.15) is 0 Å². The molecule has 4 heteroatoms. The van der Waals surface area contributed by atoms with E-state index in [0.717, 1.165) is 24.9 Å². The molecule has 4 nitrogen and oxygen atoms in total. The highest BCUT2D eigenvalue weighted by Crippen LogP contribution is 2.27. The Bertz CT molecular complexity index is 469. The molecule has 0 saturated carbocycles. The van der Waals surface area contributed by atoms with Crippen LogP contribution < -0.4 is 9.47 Å². The molecule has 20 heavy (non-hydrogen) atoms. The summed E-state index contributed by atoms with van der Waals surface area (Å²) in [6.45, 7) is 2.89. The van der Waals surface area contributed by atoms with Gasteiger partial charge in [-0.25, -0.2) is 0 Å². The molecular weight excluding hydrogens is 254 g/mol. The van der Waals surface area contributed by atoms with Crippen LogP contribution in [0.4, 0.5) is 0 Å². The molecule has 0 aliphatic rings. The molecular formula is C16H23NO3. The molecule has 0 aliphatic heterocycles. The van der Waals surface area contributed by atoms with Crippen LogP contribution in [0.3, 0.4) is 0 Å². The molecule has 1 rings (SSSR count). The van der Waals surface area contributed by atoms with E-state index in [9.17, 15) is 4.79 Å². The third-order valence-corrected chi connectivity index (χ3v) is 3.05. The molecule has 0 atom stereocenters. The maximum atomic E-state index is 11.9. The second kappa shape index (κ2) is 8.25. The maximum absolute atomic E-state index is 11.9. The Kier molecular flexibility index (Phi) is 6.64. The molecule has 0 heterocycles. The minimum atomic E-state index is 0.00762. The SMILES string of the molecule is CCCCN(C)C(=O)/C=C/c1ccc(OC)c(OC)c1. The van der Waals surface area contributed by atoms with Crippen LogP contribution in [0, 0.1) is 0 Å². The van der Waals surface area contributed by atoms with Gasteiger partial charge in [0.05, 0.1) is 14.2 Å². The minimum absolute atomic E-state index is 0.00762. The fraction of sp³-hybridized carbons (Fsp3) is 0.438. The lowest BCUT2D eigenvalue weighted by Gasteiger charge is -2.14. The van der Waals surface area contributed by atoms with Gasteiger partial charge >= 0.3 is 0 Å². The number of carbonyl (C=O) groups is 1. The molecule has 0 radical (unpaired) electrons. The molecule has 0 fully saturated rings. The lowest BCUT2D eigenvalue weighted by molar-refractivity contribution is -0.124. The molecule has 110 valence electrons. The van der Waals surface area contributed by atoms with Crippen LogP contribution in [0.15, 0.2) is 24.3 Å². The number of likely N-dealkylation sites (N-methyl/N-ethyl adjacent to an activating group) is 1. The number of carbonyl (C=O) groups excluding carboxylic acids is 1. The Morgan fingerprint density at radius 2 is 1.95 bits per heavy atom. The third kappa shape index (κ3) is 4.61. The average Bonchev–Trinajstić information content (AvgIpc) is 2.49. The topological polar surface area (TPSA) is 38.8 Å². The smallest absolute Gasteiger partial charge is 0.246 e. The minimum Gasteiger partial charge on any atom is -0.493 e. The van der Waals surface area contributed by atoms with Gasteiger partial charge in [0.25, 0.3) is 0 Å². The first kappa shape index (κ1) is 16.1. The van der Waals surface area contributed by atoms with Gasteiger partial charge in [-0.05, 0) is 30.2 Å². The zero-order chi connectivity index (χ0) is 15.0. The van der Waals surface area contributed by atoms with E-state index >= 15 is 0 Å². The lowest BCUT2D eigenvalue weighted by atomic mass is 10.2. The number of ether oxygens (including phenoxy) is 2. The van der Waals surface area contributed by atoms with E-state index in [-0.39, 0.29) is 5.91 Å². The van der Waals surface area contributed by atoms with Gasteiger partial charge in [-0.1, -0.05) is 19.4 Å². The Labute approximate surface area is 121 Å². The zero-order valence-corrected chi connectivity index (χ0v) is 12.7. The van der Waals surface area contributed by atoms with Gasteiger partial charge in [-0.15, -0.1) is 0 Å². The standard InChI is InChI=1S/C16H23NO3/c1-5-6-11-17(2)16(18)10-8-13-7-9-14(19-3)15(12-13)20-4/h7-10,12H,5-6,11H2,1-4H3/b10-8+. The maximum Gasteiger partial charge on any atom is 0.246 e. The lowest BCUT2D eigenvalue weighted by Crippen LogP contribution is -2.25. The van der Waals surface area contributed by atoms with Crippen LogP contribution in [0.2, 0.25) is 0 Å². The number of benzene rings is 1. The van der Waals surface area contributed by atoms with Crippen molar-refractivity contribution < 1.29 is 14.3 Å². The first-order chi connectivity index (χ1) is 9.62. The average molecular weight is 277 g/mol. The van der Waals surface area contributed by atoms with Crippen molar-refractivity contribution in [1.29, 1.82) is 0 Å². The molecule has 0 N–H and O–H groups in total. The largest absolute Gasteiger partial charge is 0.493 e. The molecule has 1 aromatic carbocycles. The van der Waals surface area contributed by atoms with E-state index in [1.54, 1.807) is 31.3 Å². The Hall–Kier alpha value is -1.97.